The second-order valence-electron chi connectivity index (χ2n) is 7.07. The summed E-state index contributed by atoms with van der Waals surface area (Å²) >= 11 is 2.15. The van der Waals surface area contributed by atoms with Gasteiger partial charge in [0.1, 0.15) is 33.4 Å². The normalized spacial score (nSPS) is 11.2. The molecule has 0 fully saturated rings. The van der Waals surface area contributed by atoms with Gasteiger partial charge in [-0.25, -0.2) is 18.1 Å². The van der Waals surface area contributed by atoms with Crippen LogP contribution in [-0.4, -0.2) is 48.6 Å². The predicted octanol–water partition coefficient (Wildman–Crippen LogP) is 3.32. The van der Waals surface area contributed by atoms with E-state index in [1.54, 1.807) is 42.5 Å². The molecule has 0 spiro atoms. The van der Waals surface area contributed by atoms with Crippen LogP contribution in [0.3, 0.4) is 0 Å². The van der Waals surface area contributed by atoms with Gasteiger partial charge in [0.2, 0.25) is 0 Å². The first kappa shape index (κ1) is 24.5. The lowest BCUT2D eigenvalue weighted by Gasteiger charge is -2.12. The van der Waals surface area contributed by atoms with Crippen LogP contribution in [0.1, 0.15) is 16.1 Å². The van der Waals surface area contributed by atoms with Crippen molar-refractivity contribution in [1.82, 2.24) is 25.5 Å². The van der Waals surface area contributed by atoms with Gasteiger partial charge in [0.05, 0.1) is 12.6 Å². The van der Waals surface area contributed by atoms with Crippen molar-refractivity contribution in [1.29, 1.82) is 0 Å². The molecule has 2 N–H and O–H groups in total. The fourth-order valence-electron chi connectivity index (χ4n) is 3.07. The number of nitrogens with zero attached hydrogens (tertiary/aromatic N) is 4. The quantitative estimate of drug-likeness (QED) is 0.228. The number of aromatic nitrogens is 4. The third kappa shape index (κ3) is 5.57. The van der Waals surface area contributed by atoms with E-state index >= 15 is 0 Å². The number of pyridine rings is 1. The highest BCUT2D eigenvalue weighted by Gasteiger charge is 2.22. The van der Waals surface area contributed by atoms with Crippen LogP contribution in [0.4, 0.5) is 5.95 Å². The van der Waals surface area contributed by atoms with Crippen molar-refractivity contribution in [3.8, 4) is 17.2 Å². The summed E-state index contributed by atoms with van der Waals surface area (Å²) < 4.78 is 40.0. The summed E-state index contributed by atoms with van der Waals surface area (Å²) in [6.45, 7) is 0. The summed E-state index contributed by atoms with van der Waals surface area (Å²) in [6.07, 6.45) is 1.46. The maximum Gasteiger partial charge on any atom is 0.269 e. The fraction of sp³-hybridized carbons (Fsp3) is 0.136. The molecule has 0 aliphatic rings. The number of carbonyl (C=O) groups is 1. The van der Waals surface area contributed by atoms with E-state index in [9.17, 15) is 13.2 Å². The Hall–Kier alpha value is -3.59. The number of methoxy groups -OCH3 is 1. The van der Waals surface area contributed by atoms with Gasteiger partial charge in [-0.15, -0.1) is 10.2 Å². The molecule has 1 amide bonds. The summed E-state index contributed by atoms with van der Waals surface area (Å²) in [5.41, 5.74) is 1.83. The van der Waals surface area contributed by atoms with Crippen LogP contribution >= 0.6 is 22.6 Å². The van der Waals surface area contributed by atoms with Crippen LogP contribution in [0.15, 0.2) is 59.6 Å². The Morgan fingerprint density at radius 2 is 1.83 bits per heavy atom. The molecule has 2 heterocycles. The zero-order valence-electron chi connectivity index (χ0n) is 18.5. The number of rotatable bonds is 8. The van der Waals surface area contributed by atoms with Crippen molar-refractivity contribution in [2.45, 2.75) is 9.32 Å². The van der Waals surface area contributed by atoms with E-state index in [1.807, 2.05) is 0 Å². The predicted molar refractivity (Wildman–Crippen MR) is 137 cm³/mol. The minimum Gasteiger partial charge on any atom is -0.495 e. The number of ether oxygens (including phenoxy) is 2. The molecule has 0 unspecified atom stereocenters. The standard InChI is InChI=1S/C22H19IN6O5S/c1-24-21(30)18-11-15(7-8-25-18)34-14-4-5-16-17(10-14)27-28-22(26-16)29-35(31,32)20-9-13(12-23)3-6-19(20)33-2/h3-11H,12H2,1-2H3,(H,24,30)(H,26,28,29). The highest BCUT2D eigenvalue weighted by atomic mass is 127. The zero-order chi connectivity index (χ0) is 25.0. The van der Waals surface area contributed by atoms with Crippen LogP contribution in [0.2, 0.25) is 0 Å². The molecular formula is C22H19IN6O5S. The Bertz CT molecular complexity index is 1520. The highest BCUT2D eigenvalue weighted by molar-refractivity contribution is 14.1. The van der Waals surface area contributed by atoms with E-state index in [1.165, 1.54) is 26.4 Å². The van der Waals surface area contributed by atoms with Crippen molar-refractivity contribution in [2.75, 3.05) is 18.9 Å². The van der Waals surface area contributed by atoms with Gasteiger partial charge in [0, 0.05) is 29.8 Å². The summed E-state index contributed by atoms with van der Waals surface area (Å²) in [5, 5.41) is 10.5. The van der Waals surface area contributed by atoms with Crippen molar-refractivity contribution in [2.24, 2.45) is 0 Å². The van der Waals surface area contributed by atoms with Crippen molar-refractivity contribution in [3.05, 3.63) is 66.0 Å². The molecule has 35 heavy (non-hydrogen) atoms. The molecule has 4 aromatic rings. The Morgan fingerprint density at radius 3 is 2.57 bits per heavy atom. The number of carbonyl (C=O) groups excluding carboxylic acids is 1. The number of amides is 1. The first-order valence-electron chi connectivity index (χ1n) is 10.1. The molecule has 0 bridgehead atoms. The second-order valence-corrected chi connectivity index (χ2v) is 9.48. The molecule has 0 saturated heterocycles. The Morgan fingerprint density at radius 1 is 1.03 bits per heavy atom. The molecule has 13 heteroatoms. The van der Waals surface area contributed by atoms with Gasteiger partial charge in [-0.05, 0) is 35.9 Å². The first-order chi connectivity index (χ1) is 16.8. The highest BCUT2D eigenvalue weighted by Crippen LogP contribution is 2.28. The summed E-state index contributed by atoms with van der Waals surface area (Å²) in [7, 11) is -1.11. The smallest absolute Gasteiger partial charge is 0.269 e. The zero-order valence-corrected chi connectivity index (χ0v) is 21.5. The fourth-order valence-corrected chi connectivity index (χ4v) is 4.71. The van der Waals surface area contributed by atoms with Gasteiger partial charge in [-0.3, -0.25) is 9.78 Å². The number of fused-ring (bicyclic) bond motifs is 1. The molecule has 4 rings (SSSR count). The summed E-state index contributed by atoms with van der Waals surface area (Å²) in [6, 6.07) is 12.9. The third-order valence-electron chi connectivity index (χ3n) is 4.75. The van der Waals surface area contributed by atoms with E-state index in [2.05, 4.69) is 52.8 Å². The summed E-state index contributed by atoms with van der Waals surface area (Å²) in [4.78, 5) is 20.0. The molecule has 2 aromatic carbocycles. The number of benzene rings is 2. The van der Waals surface area contributed by atoms with Gasteiger partial charge in [-0.1, -0.05) is 28.7 Å². The van der Waals surface area contributed by atoms with Gasteiger partial charge >= 0.3 is 0 Å². The number of halogens is 1. The monoisotopic (exact) mass is 606 g/mol. The number of hydrogen-bond acceptors (Lipinski definition) is 9. The molecule has 0 atom stereocenters. The van der Waals surface area contributed by atoms with Crippen LogP contribution < -0.4 is 19.5 Å². The molecular weight excluding hydrogens is 587 g/mol. The van der Waals surface area contributed by atoms with E-state index in [0.29, 0.717) is 27.0 Å². The molecule has 2 aromatic heterocycles. The van der Waals surface area contributed by atoms with Crippen molar-refractivity contribution >= 4 is 55.5 Å². The van der Waals surface area contributed by atoms with E-state index in [0.717, 1.165) is 5.56 Å². The van der Waals surface area contributed by atoms with Gasteiger partial charge in [0.25, 0.3) is 21.9 Å². The van der Waals surface area contributed by atoms with Gasteiger partial charge in [-0.2, -0.15) is 0 Å². The van der Waals surface area contributed by atoms with Gasteiger partial charge in [0.15, 0.2) is 0 Å². The number of alkyl halides is 1. The molecule has 180 valence electrons. The van der Waals surface area contributed by atoms with Crippen molar-refractivity contribution in [3.63, 3.8) is 0 Å². The maximum atomic E-state index is 13.0. The first-order valence-corrected chi connectivity index (χ1v) is 13.1. The van der Waals surface area contributed by atoms with Crippen LogP contribution in [0.25, 0.3) is 11.0 Å². The third-order valence-corrected chi connectivity index (χ3v) is 6.98. The number of anilines is 1. The van der Waals surface area contributed by atoms with Crippen LogP contribution in [0, 0.1) is 0 Å². The lowest BCUT2D eigenvalue weighted by Crippen LogP contribution is -2.18. The number of nitrogens with one attached hydrogen (secondary N) is 2. The van der Waals surface area contributed by atoms with E-state index < -0.39 is 10.0 Å². The van der Waals surface area contributed by atoms with Crippen LogP contribution in [-0.2, 0) is 14.5 Å². The average Bonchev–Trinajstić information content (AvgIpc) is 2.87. The minimum absolute atomic E-state index is 0.0184. The largest absolute Gasteiger partial charge is 0.495 e. The number of hydrogen-bond donors (Lipinski definition) is 2. The molecule has 0 aliphatic heterocycles. The molecule has 11 nitrogen and oxygen atoms in total. The van der Waals surface area contributed by atoms with Gasteiger partial charge < -0.3 is 14.8 Å². The van der Waals surface area contributed by atoms with E-state index in [4.69, 9.17) is 9.47 Å². The van der Waals surface area contributed by atoms with Crippen molar-refractivity contribution < 1.29 is 22.7 Å². The number of sulfonamides is 1. The lowest BCUT2D eigenvalue weighted by atomic mass is 10.2. The molecule has 0 saturated carbocycles. The SMILES string of the molecule is CNC(=O)c1cc(Oc2ccc3nc(NS(=O)(=O)c4cc(CI)ccc4OC)nnc3c2)ccn1. The molecule has 0 radical (unpaired) electrons. The van der Waals surface area contributed by atoms with Crippen LogP contribution in [0.5, 0.6) is 17.2 Å². The molecule has 0 aliphatic carbocycles. The minimum atomic E-state index is -4.03. The topological polar surface area (TPSA) is 145 Å². The summed E-state index contributed by atoms with van der Waals surface area (Å²) in [5.74, 6) is 0.523. The maximum absolute atomic E-state index is 13.0. The average molecular weight is 606 g/mol. The Kier molecular flexibility index (Phi) is 7.25. The Labute approximate surface area is 214 Å². The second kappa shape index (κ2) is 10.4. The lowest BCUT2D eigenvalue weighted by molar-refractivity contribution is 0.0958. The van der Waals surface area contributed by atoms with E-state index in [-0.39, 0.29) is 28.2 Å². The Balaban J connectivity index is 1.58.